The van der Waals surface area contributed by atoms with Crippen LogP contribution in [0, 0.1) is 0 Å². The molecule has 1 heterocycles. The van der Waals surface area contributed by atoms with Crippen LogP contribution >= 0.6 is 11.6 Å². The molecule has 3 aromatic rings. The average molecular weight is 329 g/mol. The molecule has 0 aliphatic rings. The van der Waals surface area contributed by atoms with E-state index in [-0.39, 0.29) is 5.91 Å². The van der Waals surface area contributed by atoms with Gasteiger partial charge >= 0.3 is 0 Å². The Hall–Kier alpha value is -2.46. The number of benzene rings is 2. The SMILES string of the molecule is COc1ccc2[nH]cc(CCNC(=O)c3ccccc3Cl)c2c1. The van der Waals surface area contributed by atoms with Gasteiger partial charge in [-0.2, -0.15) is 0 Å². The van der Waals surface area contributed by atoms with E-state index in [2.05, 4.69) is 10.3 Å². The molecule has 2 aromatic carbocycles. The van der Waals surface area contributed by atoms with Crippen LogP contribution in [0.25, 0.3) is 10.9 Å². The molecule has 0 bridgehead atoms. The van der Waals surface area contributed by atoms with Gasteiger partial charge in [-0.25, -0.2) is 0 Å². The van der Waals surface area contributed by atoms with Crippen molar-refractivity contribution >= 4 is 28.4 Å². The largest absolute Gasteiger partial charge is 0.497 e. The fourth-order valence-electron chi connectivity index (χ4n) is 2.54. The molecule has 0 unspecified atom stereocenters. The first-order chi connectivity index (χ1) is 11.2. The molecule has 1 amide bonds. The Kier molecular flexibility index (Phi) is 4.53. The van der Waals surface area contributed by atoms with Crippen LogP contribution in [0.3, 0.4) is 0 Å². The third-order valence-electron chi connectivity index (χ3n) is 3.77. The predicted molar refractivity (Wildman–Crippen MR) is 92.3 cm³/mol. The minimum Gasteiger partial charge on any atom is -0.497 e. The number of hydrogen-bond acceptors (Lipinski definition) is 2. The molecule has 3 rings (SSSR count). The maximum Gasteiger partial charge on any atom is 0.252 e. The zero-order valence-corrected chi connectivity index (χ0v) is 13.5. The number of fused-ring (bicyclic) bond motifs is 1. The Morgan fingerprint density at radius 2 is 2.09 bits per heavy atom. The van der Waals surface area contributed by atoms with E-state index >= 15 is 0 Å². The van der Waals surface area contributed by atoms with E-state index in [4.69, 9.17) is 16.3 Å². The summed E-state index contributed by atoms with van der Waals surface area (Å²) in [6.45, 7) is 0.536. The highest BCUT2D eigenvalue weighted by Gasteiger charge is 2.10. The Bertz CT molecular complexity index is 842. The van der Waals surface area contributed by atoms with Crippen LogP contribution in [0.1, 0.15) is 15.9 Å². The number of amides is 1. The number of H-pyrrole nitrogens is 1. The van der Waals surface area contributed by atoms with E-state index in [1.165, 1.54) is 0 Å². The number of carbonyl (C=O) groups is 1. The zero-order chi connectivity index (χ0) is 16.2. The zero-order valence-electron chi connectivity index (χ0n) is 12.7. The molecule has 4 nitrogen and oxygen atoms in total. The lowest BCUT2D eigenvalue weighted by Gasteiger charge is -2.06. The third kappa shape index (κ3) is 3.32. The quantitative estimate of drug-likeness (QED) is 0.748. The Morgan fingerprint density at radius 3 is 2.87 bits per heavy atom. The first-order valence-electron chi connectivity index (χ1n) is 7.36. The summed E-state index contributed by atoms with van der Waals surface area (Å²) in [5.74, 6) is 0.659. The fraction of sp³-hybridized carbons (Fsp3) is 0.167. The molecular formula is C18H17ClN2O2. The number of halogens is 1. The van der Waals surface area contributed by atoms with Crippen molar-refractivity contribution in [3.63, 3.8) is 0 Å². The van der Waals surface area contributed by atoms with Crippen LogP contribution in [0.2, 0.25) is 5.02 Å². The lowest BCUT2D eigenvalue weighted by atomic mass is 10.1. The number of carbonyl (C=O) groups excluding carboxylic acids is 1. The van der Waals surface area contributed by atoms with Gasteiger partial charge in [-0.3, -0.25) is 4.79 Å². The predicted octanol–water partition coefficient (Wildman–Crippen LogP) is 3.80. The fourth-order valence-corrected chi connectivity index (χ4v) is 2.76. The molecule has 5 heteroatoms. The second kappa shape index (κ2) is 6.75. The van der Waals surface area contributed by atoms with Gasteiger partial charge in [-0.1, -0.05) is 23.7 Å². The summed E-state index contributed by atoms with van der Waals surface area (Å²) in [6, 6.07) is 12.9. The number of aromatic amines is 1. The van der Waals surface area contributed by atoms with Crippen molar-refractivity contribution in [2.24, 2.45) is 0 Å². The Morgan fingerprint density at radius 1 is 1.26 bits per heavy atom. The van der Waals surface area contributed by atoms with Gasteiger partial charge in [-0.15, -0.1) is 0 Å². The lowest BCUT2D eigenvalue weighted by molar-refractivity contribution is 0.0954. The highest BCUT2D eigenvalue weighted by atomic mass is 35.5. The van der Waals surface area contributed by atoms with Crippen molar-refractivity contribution in [3.05, 3.63) is 64.8 Å². The molecule has 1 aromatic heterocycles. The minimum atomic E-state index is -0.159. The molecule has 0 fully saturated rings. The average Bonchev–Trinajstić information content (AvgIpc) is 2.97. The lowest BCUT2D eigenvalue weighted by Crippen LogP contribution is -2.25. The highest BCUT2D eigenvalue weighted by molar-refractivity contribution is 6.33. The van der Waals surface area contributed by atoms with E-state index < -0.39 is 0 Å². The molecule has 0 aliphatic heterocycles. The second-order valence-corrected chi connectivity index (χ2v) is 5.62. The van der Waals surface area contributed by atoms with Crippen molar-refractivity contribution < 1.29 is 9.53 Å². The first-order valence-corrected chi connectivity index (χ1v) is 7.73. The van der Waals surface area contributed by atoms with Crippen molar-refractivity contribution in [2.75, 3.05) is 13.7 Å². The Balaban J connectivity index is 1.67. The van der Waals surface area contributed by atoms with Gasteiger partial charge in [0.05, 0.1) is 17.7 Å². The molecule has 118 valence electrons. The van der Waals surface area contributed by atoms with Gasteiger partial charge in [0.25, 0.3) is 5.91 Å². The normalized spacial score (nSPS) is 10.7. The van der Waals surface area contributed by atoms with Crippen molar-refractivity contribution in [2.45, 2.75) is 6.42 Å². The third-order valence-corrected chi connectivity index (χ3v) is 4.10. The number of nitrogens with one attached hydrogen (secondary N) is 2. The van der Waals surface area contributed by atoms with Gasteiger partial charge in [0, 0.05) is 23.6 Å². The van der Waals surface area contributed by atoms with Crippen LogP contribution in [0.15, 0.2) is 48.7 Å². The molecule has 0 radical (unpaired) electrons. The second-order valence-electron chi connectivity index (χ2n) is 5.21. The molecular weight excluding hydrogens is 312 g/mol. The van der Waals surface area contributed by atoms with Crippen LogP contribution < -0.4 is 10.1 Å². The summed E-state index contributed by atoms with van der Waals surface area (Å²) < 4.78 is 5.26. The number of ether oxygens (including phenoxy) is 1. The number of rotatable bonds is 5. The van der Waals surface area contributed by atoms with Gasteiger partial charge in [0.2, 0.25) is 0 Å². The molecule has 2 N–H and O–H groups in total. The summed E-state index contributed by atoms with van der Waals surface area (Å²) in [5, 5.41) is 4.47. The summed E-state index contributed by atoms with van der Waals surface area (Å²) in [4.78, 5) is 15.4. The number of aromatic nitrogens is 1. The van der Waals surface area contributed by atoms with Crippen LogP contribution in [-0.4, -0.2) is 24.5 Å². The smallest absolute Gasteiger partial charge is 0.252 e. The Labute approximate surface area is 139 Å². The van der Waals surface area contributed by atoms with Crippen molar-refractivity contribution in [3.8, 4) is 5.75 Å². The van der Waals surface area contributed by atoms with E-state index in [1.54, 1.807) is 31.4 Å². The van der Waals surface area contributed by atoms with Gasteiger partial charge < -0.3 is 15.0 Å². The summed E-state index contributed by atoms with van der Waals surface area (Å²) in [7, 11) is 1.65. The van der Waals surface area contributed by atoms with E-state index in [1.807, 2.05) is 24.4 Å². The van der Waals surface area contributed by atoms with E-state index in [0.717, 1.165) is 28.6 Å². The standard InChI is InChI=1S/C18H17ClN2O2/c1-23-13-6-7-17-15(10-13)12(11-21-17)8-9-20-18(22)14-4-2-3-5-16(14)19/h2-7,10-11,21H,8-9H2,1H3,(H,20,22). The molecule has 0 spiro atoms. The van der Waals surface area contributed by atoms with Crippen LogP contribution in [-0.2, 0) is 6.42 Å². The monoisotopic (exact) mass is 328 g/mol. The summed E-state index contributed by atoms with van der Waals surface area (Å²) in [6.07, 6.45) is 2.69. The van der Waals surface area contributed by atoms with E-state index in [0.29, 0.717) is 17.1 Å². The van der Waals surface area contributed by atoms with Crippen molar-refractivity contribution in [1.29, 1.82) is 0 Å². The van der Waals surface area contributed by atoms with E-state index in [9.17, 15) is 4.79 Å². The number of hydrogen-bond donors (Lipinski definition) is 2. The maximum atomic E-state index is 12.1. The highest BCUT2D eigenvalue weighted by Crippen LogP contribution is 2.23. The van der Waals surface area contributed by atoms with Crippen LogP contribution in [0.5, 0.6) is 5.75 Å². The van der Waals surface area contributed by atoms with Gasteiger partial charge in [0.15, 0.2) is 0 Å². The maximum absolute atomic E-state index is 12.1. The molecule has 23 heavy (non-hydrogen) atoms. The molecule has 0 atom stereocenters. The first kappa shape index (κ1) is 15.4. The number of methoxy groups -OCH3 is 1. The molecule has 0 aliphatic carbocycles. The molecule has 0 saturated carbocycles. The summed E-state index contributed by atoms with van der Waals surface area (Å²) in [5.41, 5.74) is 2.69. The molecule has 0 saturated heterocycles. The summed E-state index contributed by atoms with van der Waals surface area (Å²) >= 11 is 6.03. The van der Waals surface area contributed by atoms with Crippen molar-refractivity contribution in [1.82, 2.24) is 10.3 Å². The van der Waals surface area contributed by atoms with Gasteiger partial charge in [0.1, 0.15) is 5.75 Å². The minimum absolute atomic E-state index is 0.159. The van der Waals surface area contributed by atoms with Gasteiger partial charge in [-0.05, 0) is 42.3 Å². The topological polar surface area (TPSA) is 54.1 Å². The van der Waals surface area contributed by atoms with Crippen LogP contribution in [0.4, 0.5) is 0 Å².